The zero-order valence-corrected chi connectivity index (χ0v) is 19.7. The number of aromatic amines is 1. The first-order chi connectivity index (χ1) is 16.4. The number of nitrogens with zero attached hydrogens (tertiary/aromatic N) is 3. The van der Waals surface area contributed by atoms with Crippen molar-refractivity contribution >= 4 is 33.1 Å². The van der Waals surface area contributed by atoms with Crippen molar-refractivity contribution in [3.05, 3.63) is 59.9 Å². The molecule has 2 N–H and O–H groups in total. The van der Waals surface area contributed by atoms with Gasteiger partial charge in [0.2, 0.25) is 10.0 Å². The molecule has 1 aliphatic rings. The number of carbonyl (C=O) groups excluding carboxylic acids is 2. The molecule has 0 aliphatic carbocycles. The lowest BCUT2D eigenvalue weighted by Gasteiger charge is -2.34. The van der Waals surface area contributed by atoms with Gasteiger partial charge in [-0.1, -0.05) is 12.1 Å². The molecule has 0 unspecified atom stereocenters. The van der Waals surface area contributed by atoms with Crippen molar-refractivity contribution in [2.75, 3.05) is 39.3 Å². The Balaban J connectivity index is 1.27. The molecule has 4 rings (SSSR count). The summed E-state index contributed by atoms with van der Waals surface area (Å²) in [5, 5.41) is 2.87. The number of carbonyl (C=O) groups is 2. The molecule has 0 atom stereocenters. The highest BCUT2D eigenvalue weighted by atomic mass is 32.2. The van der Waals surface area contributed by atoms with Gasteiger partial charge in [-0.2, -0.15) is 4.31 Å². The van der Waals surface area contributed by atoms with E-state index in [0.717, 1.165) is 16.9 Å². The van der Waals surface area contributed by atoms with Crippen molar-refractivity contribution < 1.29 is 22.7 Å². The molecule has 1 aliphatic heterocycles. The highest BCUT2D eigenvalue weighted by Crippen LogP contribution is 2.19. The molecule has 2 heterocycles. The van der Waals surface area contributed by atoms with Crippen LogP contribution in [-0.2, 0) is 21.2 Å². The van der Waals surface area contributed by atoms with Crippen LogP contribution < -0.4 is 5.32 Å². The van der Waals surface area contributed by atoms with Crippen molar-refractivity contribution in [2.24, 2.45) is 0 Å². The average molecular weight is 486 g/mol. The van der Waals surface area contributed by atoms with Crippen molar-refractivity contribution in [1.29, 1.82) is 0 Å². The van der Waals surface area contributed by atoms with Gasteiger partial charge in [-0.05, 0) is 43.3 Å². The lowest BCUT2D eigenvalue weighted by Crippen LogP contribution is -2.53. The van der Waals surface area contributed by atoms with Crippen LogP contribution >= 0.6 is 0 Å². The van der Waals surface area contributed by atoms with Crippen molar-refractivity contribution in [3.63, 3.8) is 0 Å². The minimum Gasteiger partial charge on any atom is -0.462 e. The van der Waals surface area contributed by atoms with Crippen LogP contribution in [-0.4, -0.2) is 78.9 Å². The number of ether oxygens (including phenoxy) is 1. The Hall–Kier alpha value is -3.44. The number of rotatable bonds is 7. The predicted molar refractivity (Wildman–Crippen MR) is 126 cm³/mol. The number of H-pyrrole nitrogens is 1. The number of amides is 2. The summed E-state index contributed by atoms with van der Waals surface area (Å²) in [4.78, 5) is 33.7. The summed E-state index contributed by atoms with van der Waals surface area (Å²) >= 11 is 0. The van der Waals surface area contributed by atoms with E-state index in [-0.39, 0.29) is 43.7 Å². The number of esters is 1. The fourth-order valence-corrected chi connectivity index (χ4v) is 5.20. The van der Waals surface area contributed by atoms with Crippen LogP contribution in [0.1, 0.15) is 23.1 Å². The molecule has 1 saturated heterocycles. The Morgan fingerprint density at radius 2 is 1.76 bits per heavy atom. The number of urea groups is 1. The molecule has 0 saturated carbocycles. The Labute approximate surface area is 198 Å². The first-order valence-electron chi connectivity index (χ1n) is 11.1. The smallest absolute Gasteiger partial charge is 0.338 e. The molecule has 1 fully saturated rings. The van der Waals surface area contributed by atoms with E-state index >= 15 is 0 Å². The van der Waals surface area contributed by atoms with Gasteiger partial charge in [0.1, 0.15) is 5.82 Å². The van der Waals surface area contributed by atoms with Gasteiger partial charge >= 0.3 is 12.0 Å². The molecule has 3 aromatic rings. The molecular formula is C23H27N5O5S. The zero-order chi connectivity index (χ0) is 24.1. The second kappa shape index (κ2) is 10.2. The zero-order valence-electron chi connectivity index (χ0n) is 18.9. The fourth-order valence-electron chi connectivity index (χ4n) is 3.78. The van der Waals surface area contributed by atoms with Gasteiger partial charge in [-0.3, -0.25) is 0 Å². The largest absolute Gasteiger partial charge is 0.462 e. The Kier molecular flexibility index (Phi) is 7.13. The van der Waals surface area contributed by atoms with E-state index in [2.05, 4.69) is 15.3 Å². The number of imidazole rings is 1. The number of benzene rings is 2. The third kappa shape index (κ3) is 5.20. The first kappa shape index (κ1) is 23.7. The second-order valence-corrected chi connectivity index (χ2v) is 9.76. The number of para-hydroxylation sites is 2. The topological polar surface area (TPSA) is 125 Å². The van der Waals surface area contributed by atoms with Crippen LogP contribution in [0, 0.1) is 0 Å². The maximum Gasteiger partial charge on any atom is 0.338 e. The van der Waals surface area contributed by atoms with Crippen LogP contribution in [0.3, 0.4) is 0 Å². The molecule has 10 nitrogen and oxygen atoms in total. The number of fused-ring (bicyclic) bond motifs is 1. The third-order valence-electron chi connectivity index (χ3n) is 5.61. The van der Waals surface area contributed by atoms with E-state index in [0.29, 0.717) is 18.5 Å². The van der Waals surface area contributed by atoms with Crippen LogP contribution in [0.5, 0.6) is 0 Å². The number of piperazine rings is 1. The maximum atomic E-state index is 13.0. The van der Waals surface area contributed by atoms with Gasteiger partial charge < -0.3 is 19.9 Å². The SMILES string of the molecule is CCOC(=O)c1ccc(S(=O)(=O)N2CCN(C(=O)NCCc3nc4ccccc4[nH]3)CC2)cc1. The van der Waals surface area contributed by atoms with Gasteiger partial charge in [-0.25, -0.2) is 23.0 Å². The van der Waals surface area contributed by atoms with E-state index in [4.69, 9.17) is 4.74 Å². The van der Waals surface area contributed by atoms with E-state index in [1.54, 1.807) is 11.8 Å². The summed E-state index contributed by atoms with van der Waals surface area (Å²) in [6, 6.07) is 13.2. The van der Waals surface area contributed by atoms with Crippen LogP contribution in [0.4, 0.5) is 4.79 Å². The fraction of sp³-hybridized carbons (Fsp3) is 0.348. The van der Waals surface area contributed by atoms with Gasteiger partial charge in [0, 0.05) is 39.1 Å². The minimum atomic E-state index is -3.72. The number of nitrogens with one attached hydrogen (secondary N) is 2. The summed E-state index contributed by atoms with van der Waals surface area (Å²) in [6.07, 6.45) is 0.566. The Bertz CT molecular complexity index is 1230. The van der Waals surface area contributed by atoms with Crippen molar-refractivity contribution in [2.45, 2.75) is 18.2 Å². The van der Waals surface area contributed by atoms with E-state index in [1.165, 1.54) is 28.6 Å². The van der Waals surface area contributed by atoms with Gasteiger partial charge in [0.15, 0.2) is 0 Å². The van der Waals surface area contributed by atoms with Crippen LogP contribution in [0.15, 0.2) is 53.4 Å². The number of sulfonamides is 1. The summed E-state index contributed by atoms with van der Waals surface area (Å²) in [7, 11) is -3.72. The number of hydrogen-bond acceptors (Lipinski definition) is 6. The molecule has 180 valence electrons. The predicted octanol–water partition coefficient (Wildman–Crippen LogP) is 2.00. The van der Waals surface area contributed by atoms with Crippen molar-refractivity contribution in [3.8, 4) is 0 Å². The van der Waals surface area contributed by atoms with Gasteiger partial charge in [0.25, 0.3) is 0 Å². The molecule has 11 heteroatoms. The summed E-state index contributed by atoms with van der Waals surface area (Å²) in [6.45, 7) is 3.34. The molecular weight excluding hydrogens is 458 g/mol. The van der Waals surface area contributed by atoms with E-state index < -0.39 is 16.0 Å². The van der Waals surface area contributed by atoms with Gasteiger partial charge in [0.05, 0.1) is 28.1 Å². The molecule has 0 radical (unpaired) electrons. The summed E-state index contributed by atoms with van der Waals surface area (Å²) < 4.78 is 32.2. The van der Waals surface area contributed by atoms with Crippen LogP contribution in [0.2, 0.25) is 0 Å². The third-order valence-corrected chi connectivity index (χ3v) is 7.52. The van der Waals surface area contributed by atoms with Crippen LogP contribution in [0.25, 0.3) is 11.0 Å². The first-order valence-corrected chi connectivity index (χ1v) is 12.6. The van der Waals surface area contributed by atoms with E-state index in [1.807, 2.05) is 24.3 Å². The molecule has 34 heavy (non-hydrogen) atoms. The Morgan fingerprint density at radius 1 is 1.06 bits per heavy atom. The highest BCUT2D eigenvalue weighted by molar-refractivity contribution is 7.89. The lowest BCUT2D eigenvalue weighted by atomic mass is 10.2. The highest BCUT2D eigenvalue weighted by Gasteiger charge is 2.30. The number of aromatic nitrogens is 2. The minimum absolute atomic E-state index is 0.101. The monoisotopic (exact) mass is 485 g/mol. The number of hydrogen-bond donors (Lipinski definition) is 2. The molecule has 2 amide bonds. The molecule has 2 aromatic carbocycles. The van der Waals surface area contributed by atoms with E-state index in [9.17, 15) is 18.0 Å². The molecule has 1 aromatic heterocycles. The average Bonchev–Trinajstić information content (AvgIpc) is 3.27. The summed E-state index contributed by atoms with van der Waals surface area (Å²) in [5.41, 5.74) is 2.14. The lowest BCUT2D eigenvalue weighted by molar-refractivity contribution is 0.0526. The standard InChI is InChI=1S/C23H27N5O5S/c1-2-33-22(29)17-7-9-18(10-8-17)34(31,32)28-15-13-27(14-16-28)23(30)24-12-11-21-25-19-5-3-4-6-20(19)26-21/h3-10H,2,11-16H2,1H3,(H,24,30)(H,25,26). The summed E-state index contributed by atoms with van der Waals surface area (Å²) in [5.74, 6) is 0.304. The normalized spacial score (nSPS) is 14.8. The van der Waals surface area contributed by atoms with Crippen molar-refractivity contribution in [1.82, 2.24) is 24.5 Å². The molecule has 0 spiro atoms. The Morgan fingerprint density at radius 3 is 2.44 bits per heavy atom. The maximum absolute atomic E-state index is 13.0. The second-order valence-electron chi connectivity index (χ2n) is 7.82. The van der Waals surface area contributed by atoms with Gasteiger partial charge in [-0.15, -0.1) is 0 Å². The molecule has 0 bridgehead atoms. The quantitative estimate of drug-likeness (QED) is 0.493.